The molecule has 2 N–H and O–H groups in total. The van der Waals surface area contributed by atoms with Crippen LogP contribution in [0.5, 0.6) is 5.75 Å². The van der Waals surface area contributed by atoms with Crippen molar-refractivity contribution in [3.05, 3.63) is 35.5 Å². The average molecular weight is 377 g/mol. The number of carbonyl (C=O) groups excluding carboxylic acids is 1. The minimum Gasteiger partial charge on any atom is -0.481 e. The number of hydrogen-bond acceptors (Lipinski definition) is 4. The van der Waals surface area contributed by atoms with Crippen LogP contribution in [0.25, 0.3) is 10.9 Å². The quantitative estimate of drug-likeness (QED) is 0.806. The third-order valence-corrected chi connectivity index (χ3v) is 5.26. The zero-order chi connectivity index (χ0) is 18.6. The first-order chi connectivity index (χ1) is 12.5. The molecule has 1 aromatic heterocycles. The van der Waals surface area contributed by atoms with Crippen molar-refractivity contribution in [2.24, 2.45) is 5.41 Å². The second-order valence-corrected chi connectivity index (χ2v) is 7.06. The molecule has 0 bridgehead atoms. The van der Waals surface area contributed by atoms with Crippen LogP contribution in [0.3, 0.4) is 0 Å². The van der Waals surface area contributed by atoms with Gasteiger partial charge in [-0.05, 0) is 37.1 Å². The maximum absolute atomic E-state index is 12.2. The van der Waals surface area contributed by atoms with Crippen LogP contribution < -0.4 is 10.1 Å². The Labute approximate surface area is 156 Å². The zero-order valence-corrected chi connectivity index (χ0v) is 15.1. The summed E-state index contributed by atoms with van der Waals surface area (Å²) in [4.78, 5) is 28.0. The predicted octanol–water partition coefficient (Wildman–Crippen LogP) is 3.42. The molecule has 0 atom stereocenters. The van der Waals surface area contributed by atoms with Gasteiger partial charge in [0.05, 0.1) is 10.4 Å². The van der Waals surface area contributed by atoms with Gasteiger partial charge in [-0.3, -0.25) is 14.6 Å². The van der Waals surface area contributed by atoms with E-state index in [0.717, 1.165) is 24.6 Å². The largest absolute Gasteiger partial charge is 0.481 e. The summed E-state index contributed by atoms with van der Waals surface area (Å²) in [6.45, 7) is -0.0762. The predicted molar refractivity (Wildman–Crippen MR) is 98.4 cm³/mol. The van der Waals surface area contributed by atoms with Crippen LogP contribution in [-0.2, 0) is 9.59 Å². The molecule has 0 radical (unpaired) electrons. The molecule has 1 saturated carbocycles. The van der Waals surface area contributed by atoms with Gasteiger partial charge in [-0.1, -0.05) is 30.9 Å². The maximum atomic E-state index is 12.2. The van der Waals surface area contributed by atoms with Crippen LogP contribution in [0.1, 0.15) is 32.1 Å². The van der Waals surface area contributed by atoms with Crippen molar-refractivity contribution in [3.63, 3.8) is 0 Å². The number of fused-ring (bicyclic) bond motifs is 1. The molecule has 1 aliphatic rings. The molecule has 138 valence electrons. The van der Waals surface area contributed by atoms with Crippen molar-refractivity contribution in [1.29, 1.82) is 0 Å². The minimum atomic E-state index is -0.859. The molecule has 1 heterocycles. The molecule has 1 amide bonds. The molecule has 0 spiro atoms. The van der Waals surface area contributed by atoms with Crippen molar-refractivity contribution in [2.75, 3.05) is 13.2 Å². The monoisotopic (exact) mass is 376 g/mol. The number of aromatic nitrogens is 1. The number of hydrogen-bond donors (Lipinski definition) is 2. The van der Waals surface area contributed by atoms with Crippen molar-refractivity contribution in [1.82, 2.24) is 10.3 Å². The molecule has 7 heteroatoms. The lowest BCUT2D eigenvalue weighted by molar-refractivity contribution is -0.151. The van der Waals surface area contributed by atoms with Crippen LogP contribution in [0.2, 0.25) is 5.02 Å². The Bertz CT molecular complexity index is 818. The first kappa shape index (κ1) is 18.5. The Kier molecular flexibility index (Phi) is 5.61. The number of ether oxygens (including phenoxy) is 1. The third-order valence-electron chi connectivity index (χ3n) is 4.93. The smallest absolute Gasteiger partial charge is 0.311 e. The number of benzene rings is 1. The fourth-order valence-electron chi connectivity index (χ4n) is 3.39. The van der Waals surface area contributed by atoms with E-state index in [1.165, 1.54) is 0 Å². The molecule has 1 fully saturated rings. The number of aliphatic carboxylic acids is 1. The van der Waals surface area contributed by atoms with E-state index in [1.807, 2.05) is 6.07 Å². The van der Waals surface area contributed by atoms with E-state index in [-0.39, 0.29) is 19.1 Å². The van der Waals surface area contributed by atoms with Crippen LogP contribution in [0, 0.1) is 5.41 Å². The topological polar surface area (TPSA) is 88.5 Å². The van der Waals surface area contributed by atoms with E-state index < -0.39 is 11.4 Å². The standard InChI is InChI=1S/C19H21ClN2O4/c20-14-6-7-15(17-13(14)5-4-10-21-17)26-11-16(23)22-12-19(18(24)25)8-2-1-3-9-19/h4-7,10H,1-3,8-9,11-12H2,(H,22,23)(H,24,25). The molecule has 0 saturated heterocycles. The van der Waals surface area contributed by atoms with Crippen molar-refractivity contribution >= 4 is 34.4 Å². The van der Waals surface area contributed by atoms with Gasteiger partial charge in [-0.2, -0.15) is 0 Å². The summed E-state index contributed by atoms with van der Waals surface area (Å²) in [6, 6.07) is 6.97. The SMILES string of the molecule is O=C(COc1ccc(Cl)c2cccnc12)NCC1(C(=O)O)CCCCC1. The number of carbonyl (C=O) groups is 2. The van der Waals surface area contributed by atoms with Crippen LogP contribution in [0.4, 0.5) is 0 Å². The first-order valence-electron chi connectivity index (χ1n) is 8.68. The number of nitrogens with one attached hydrogen (secondary N) is 1. The molecule has 1 aromatic carbocycles. The van der Waals surface area contributed by atoms with Gasteiger partial charge in [0.1, 0.15) is 11.3 Å². The normalized spacial score (nSPS) is 16.2. The fourth-order valence-corrected chi connectivity index (χ4v) is 3.60. The van der Waals surface area contributed by atoms with Gasteiger partial charge in [0.15, 0.2) is 6.61 Å². The summed E-state index contributed by atoms with van der Waals surface area (Å²) < 4.78 is 5.59. The Hall–Kier alpha value is -2.34. The summed E-state index contributed by atoms with van der Waals surface area (Å²) >= 11 is 6.14. The van der Waals surface area contributed by atoms with E-state index in [9.17, 15) is 14.7 Å². The van der Waals surface area contributed by atoms with Crippen LogP contribution in [0.15, 0.2) is 30.5 Å². The van der Waals surface area contributed by atoms with Crippen molar-refractivity contribution in [3.8, 4) is 5.75 Å². The molecular weight excluding hydrogens is 356 g/mol. The summed E-state index contributed by atoms with van der Waals surface area (Å²) in [5.41, 5.74) is -0.273. The van der Waals surface area contributed by atoms with Gasteiger partial charge in [-0.15, -0.1) is 0 Å². The highest BCUT2D eigenvalue weighted by Gasteiger charge is 2.39. The van der Waals surface area contributed by atoms with Gasteiger partial charge in [0.25, 0.3) is 5.91 Å². The Morgan fingerprint density at radius 2 is 2.00 bits per heavy atom. The Balaban J connectivity index is 1.61. The molecule has 2 aromatic rings. The second kappa shape index (κ2) is 7.91. The number of nitrogens with zero attached hydrogens (tertiary/aromatic N) is 1. The number of pyridine rings is 1. The molecular formula is C19H21ClN2O4. The fraction of sp³-hybridized carbons (Fsp3) is 0.421. The number of carboxylic acids is 1. The zero-order valence-electron chi connectivity index (χ0n) is 14.3. The molecule has 0 unspecified atom stereocenters. The number of amides is 1. The van der Waals surface area contributed by atoms with Gasteiger partial charge in [-0.25, -0.2) is 0 Å². The highest BCUT2D eigenvalue weighted by Crippen LogP contribution is 2.36. The molecule has 6 nitrogen and oxygen atoms in total. The summed E-state index contributed by atoms with van der Waals surface area (Å²) in [6.07, 6.45) is 5.61. The highest BCUT2D eigenvalue weighted by atomic mass is 35.5. The Morgan fingerprint density at radius 3 is 2.73 bits per heavy atom. The van der Waals surface area contributed by atoms with Gasteiger partial charge in [0.2, 0.25) is 0 Å². The molecule has 1 aliphatic carbocycles. The minimum absolute atomic E-state index is 0.129. The molecule has 3 rings (SSSR count). The lowest BCUT2D eigenvalue weighted by Crippen LogP contribution is -2.45. The third kappa shape index (κ3) is 3.90. The highest BCUT2D eigenvalue weighted by molar-refractivity contribution is 6.35. The number of rotatable bonds is 6. The first-order valence-corrected chi connectivity index (χ1v) is 9.06. The van der Waals surface area contributed by atoms with E-state index in [0.29, 0.717) is 29.1 Å². The molecule has 26 heavy (non-hydrogen) atoms. The van der Waals surface area contributed by atoms with Crippen molar-refractivity contribution in [2.45, 2.75) is 32.1 Å². The molecule has 0 aliphatic heterocycles. The second-order valence-electron chi connectivity index (χ2n) is 6.66. The van der Waals surface area contributed by atoms with Crippen LogP contribution >= 0.6 is 11.6 Å². The van der Waals surface area contributed by atoms with Gasteiger partial charge >= 0.3 is 5.97 Å². The van der Waals surface area contributed by atoms with Gasteiger partial charge < -0.3 is 15.2 Å². The summed E-state index contributed by atoms with van der Waals surface area (Å²) in [7, 11) is 0. The van der Waals surface area contributed by atoms with E-state index in [4.69, 9.17) is 16.3 Å². The average Bonchev–Trinajstić information content (AvgIpc) is 2.67. The van der Waals surface area contributed by atoms with E-state index >= 15 is 0 Å². The number of carboxylic acid groups (broad SMARTS) is 1. The Morgan fingerprint density at radius 1 is 1.23 bits per heavy atom. The summed E-state index contributed by atoms with van der Waals surface area (Å²) in [5.74, 6) is -0.729. The lowest BCUT2D eigenvalue weighted by atomic mass is 9.74. The van der Waals surface area contributed by atoms with Crippen LogP contribution in [-0.4, -0.2) is 35.1 Å². The van der Waals surface area contributed by atoms with E-state index in [1.54, 1.807) is 24.4 Å². The lowest BCUT2D eigenvalue weighted by Gasteiger charge is -2.33. The number of halogens is 1. The maximum Gasteiger partial charge on any atom is 0.311 e. The van der Waals surface area contributed by atoms with Gasteiger partial charge in [0, 0.05) is 18.1 Å². The van der Waals surface area contributed by atoms with E-state index in [2.05, 4.69) is 10.3 Å². The summed E-state index contributed by atoms with van der Waals surface area (Å²) in [5, 5.41) is 13.6. The van der Waals surface area contributed by atoms with Crippen molar-refractivity contribution < 1.29 is 19.4 Å².